The summed E-state index contributed by atoms with van der Waals surface area (Å²) >= 11 is 0. The monoisotopic (exact) mass is 468 g/mol. The fourth-order valence-electron chi connectivity index (χ4n) is 3.29. The normalized spacial score (nSPS) is 12.0. The highest BCUT2D eigenvalue weighted by Gasteiger charge is 2.38. The van der Waals surface area contributed by atoms with Gasteiger partial charge in [-0.25, -0.2) is 4.79 Å². The van der Waals surface area contributed by atoms with Gasteiger partial charge >= 0.3 is 12.1 Å². The second-order valence-electron chi connectivity index (χ2n) is 7.49. The highest BCUT2D eigenvalue weighted by molar-refractivity contribution is 5.83. The van der Waals surface area contributed by atoms with E-state index in [4.69, 9.17) is 9.90 Å². The number of hydrogen-bond donors (Lipinski definition) is 3. The smallest absolute Gasteiger partial charge is 0.475 e. The van der Waals surface area contributed by atoms with E-state index in [9.17, 15) is 18.3 Å². The highest BCUT2D eigenvalue weighted by atomic mass is 19.4. The number of pyridine rings is 1. The molecule has 8 heteroatoms. The lowest BCUT2D eigenvalue weighted by atomic mass is 10.0. The van der Waals surface area contributed by atoms with Crippen molar-refractivity contribution < 1.29 is 28.2 Å². The van der Waals surface area contributed by atoms with Gasteiger partial charge in [-0.2, -0.15) is 13.2 Å². The predicted octanol–water partition coefficient (Wildman–Crippen LogP) is 5.36. The number of aromatic nitrogens is 1. The van der Waals surface area contributed by atoms with E-state index in [1.54, 1.807) is 12.4 Å². The van der Waals surface area contributed by atoms with Gasteiger partial charge in [0.15, 0.2) is 0 Å². The number of carboxylic acid groups (broad SMARTS) is 1. The molecule has 3 aromatic carbocycles. The molecule has 176 valence electrons. The largest absolute Gasteiger partial charge is 0.490 e. The molecule has 0 saturated heterocycles. The third kappa shape index (κ3) is 7.13. The van der Waals surface area contributed by atoms with E-state index in [2.05, 4.69) is 58.8 Å². The van der Waals surface area contributed by atoms with Crippen molar-refractivity contribution >= 4 is 16.7 Å². The minimum absolute atomic E-state index is 0.512. The molecule has 5 nitrogen and oxygen atoms in total. The molecule has 4 rings (SSSR count). The summed E-state index contributed by atoms with van der Waals surface area (Å²) in [7, 11) is 0. The van der Waals surface area contributed by atoms with E-state index in [1.807, 2.05) is 30.3 Å². The molecule has 0 spiro atoms. The second-order valence-corrected chi connectivity index (χ2v) is 7.49. The Bertz CT molecular complexity index is 1230. The van der Waals surface area contributed by atoms with Crippen LogP contribution in [0.4, 0.5) is 13.2 Å². The van der Waals surface area contributed by atoms with Crippen LogP contribution < -0.4 is 5.32 Å². The third-order valence-corrected chi connectivity index (χ3v) is 5.01. The number of hydrogen-bond acceptors (Lipinski definition) is 4. The zero-order valence-corrected chi connectivity index (χ0v) is 18.0. The Hall–Kier alpha value is -3.75. The molecule has 1 aromatic heterocycles. The Labute approximate surface area is 194 Å². The number of aliphatic hydroxyl groups is 1. The minimum atomic E-state index is -5.08. The van der Waals surface area contributed by atoms with Crippen LogP contribution in [-0.4, -0.2) is 33.9 Å². The summed E-state index contributed by atoms with van der Waals surface area (Å²) in [6.45, 7) is 1.22. The van der Waals surface area contributed by atoms with Gasteiger partial charge in [0.05, 0.1) is 6.10 Å². The zero-order valence-electron chi connectivity index (χ0n) is 18.0. The Morgan fingerprint density at radius 3 is 2.24 bits per heavy atom. The molecule has 0 amide bonds. The fraction of sp³-hybridized carbons (Fsp3) is 0.154. The van der Waals surface area contributed by atoms with Gasteiger partial charge < -0.3 is 15.5 Å². The minimum Gasteiger partial charge on any atom is -0.475 e. The molecule has 0 saturated carbocycles. The number of alkyl halides is 3. The van der Waals surface area contributed by atoms with Gasteiger partial charge in [0.1, 0.15) is 0 Å². The number of aliphatic hydroxyl groups excluding tert-OH is 1. The van der Waals surface area contributed by atoms with Crippen LogP contribution in [0.15, 0.2) is 91.3 Å². The van der Waals surface area contributed by atoms with Crippen LogP contribution in [0.5, 0.6) is 0 Å². The molecule has 0 aliphatic heterocycles. The predicted molar refractivity (Wildman–Crippen MR) is 124 cm³/mol. The molecule has 1 atom stereocenters. The van der Waals surface area contributed by atoms with Crippen LogP contribution in [0.3, 0.4) is 0 Å². The topological polar surface area (TPSA) is 82.5 Å². The maximum atomic E-state index is 10.6. The van der Waals surface area contributed by atoms with Crippen molar-refractivity contribution in [1.82, 2.24) is 10.3 Å². The average Bonchev–Trinajstić information content (AvgIpc) is 2.84. The Balaban J connectivity index is 0.000000406. The fourth-order valence-corrected chi connectivity index (χ4v) is 3.29. The standard InChI is InChI=1S/C24H22N2O.C2HF3O2/c27-24(23-9-8-19-5-1-2-6-22(19)15-23)17-26-16-18-4-3-7-21(14-18)20-10-12-25-13-11-20;3-2(4,5)1(6)7/h1-15,24,26-27H,16-17H2;(H,6,7). The number of nitrogens with one attached hydrogen (secondary N) is 1. The quantitative estimate of drug-likeness (QED) is 0.355. The van der Waals surface area contributed by atoms with Crippen LogP contribution in [0.2, 0.25) is 0 Å². The molecular weight excluding hydrogens is 445 g/mol. The number of carboxylic acids is 1. The number of fused-ring (bicyclic) bond motifs is 1. The zero-order chi connectivity index (χ0) is 24.6. The molecule has 1 heterocycles. The Kier molecular flexibility index (Phi) is 8.34. The summed E-state index contributed by atoms with van der Waals surface area (Å²) < 4.78 is 31.7. The SMILES string of the molecule is O=C(O)C(F)(F)F.OC(CNCc1cccc(-c2ccncc2)c1)c1ccc2ccccc2c1. The van der Waals surface area contributed by atoms with Gasteiger partial charge in [-0.15, -0.1) is 0 Å². The van der Waals surface area contributed by atoms with E-state index >= 15 is 0 Å². The lowest BCUT2D eigenvalue weighted by molar-refractivity contribution is -0.192. The molecule has 1 unspecified atom stereocenters. The molecule has 0 fully saturated rings. The number of benzene rings is 3. The van der Waals surface area contributed by atoms with Crippen molar-refractivity contribution in [3.8, 4) is 11.1 Å². The maximum absolute atomic E-state index is 10.6. The number of aliphatic carboxylic acids is 1. The van der Waals surface area contributed by atoms with Crippen molar-refractivity contribution in [3.63, 3.8) is 0 Å². The molecule has 34 heavy (non-hydrogen) atoms. The summed E-state index contributed by atoms with van der Waals surface area (Å²) in [4.78, 5) is 13.0. The first-order chi connectivity index (χ1) is 16.2. The van der Waals surface area contributed by atoms with E-state index in [0.717, 1.165) is 16.5 Å². The van der Waals surface area contributed by atoms with Gasteiger partial charge in [0.25, 0.3) is 0 Å². The first-order valence-electron chi connectivity index (χ1n) is 10.4. The highest BCUT2D eigenvalue weighted by Crippen LogP contribution is 2.21. The number of rotatable bonds is 6. The Morgan fingerprint density at radius 1 is 0.882 bits per heavy atom. The summed E-state index contributed by atoms with van der Waals surface area (Å²) in [6.07, 6.45) is -2.00. The van der Waals surface area contributed by atoms with E-state index in [-0.39, 0.29) is 0 Å². The van der Waals surface area contributed by atoms with Crippen LogP contribution >= 0.6 is 0 Å². The first kappa shape index (κ1) is 24.9. The lowest BCUT2D eigenvalue weighted by Gasteiger charge is -2.13. The van der Waals surface area contributed by atoms with E-state index in [1.165, 1.54) is 16.5 Å². The lowest BCUT2D eigenvalue weighted by Crippen LogP contribution is -2.21. The molecule has 0 aliphatic carbocycles. The second kappa shape index (κ2) is 11.4. The van der Waals surface area contributed by atoms with Crippen LogP contribution in [0, 0.1) is 0 Å². The summed E-state index contributed by atoms with van der Waals surface area (Å²) in [5.74, 6) is -2.76. The summed E-state index contributed by atoms with van der Waals surface area (Å²) in [5.41, 5.74) is 4.46. The number of nitrogens with zero attached hydrogens (tertiary/aromatic N) is 1. The molecule has 4 aromatic rings. The van der Waals surface area contributed by atoms with Gasteiger partial charge in [0, 0.05) is 25.5 Å². The van der Waals surface area contributed by atoms with Gasteiger partial charge in [-0.3, -0.25) is 4.98 Å². The maximum Gasteiger partial charge on any atom is 0.490 e. The summed E-state index contributed by atoms with van der Waals surface area (Å²) in [5, 5.41) is 23.4. The van der Waals surface area contributed by atoms with Crippen molar-refractivity contribution in [2.45, 2.75) is 18.8 Å². The Morgan fingerprint density at radius 2 is 1.56 bits per heavy atom. The van der Waals surface area contributed by atoms with Crippen molar-refractivity contribution in [3.05, 3.63) is 102 Å². The number of halogens is 3. The summed E-state index contributed by atoms with van der Waals surface area (Å²) in [6, 6.07) is 26.8. The molecule has 0 bridgehead atoms. The first-order valence-corrected chi connectivity index (χ1v) is 10.4. The van der Waals surface area contributed by atoms with Crippen molar-refractivity contribution in [2.24, 2.45) is 0 Å². The van der Waals surface area contributed by atoms with Gasteiger partial charge in [-0.1, -0.05) is 54.6 Å². The van der Waals surface area contributed by atoms with Crippen LogP contribution in [0.1, 0.15) is 17.2 Å². The molecule has 3 N–H and O–H groups in total. The molecular formula is C26H23F3N2O3. The van der Waals surface area contributed by atoms with Gasteiger partial charge in [0.2, 0.25) is 0 Å². The van der Waals surface area contributed by atoms with E-state index in [0.29, 0.717) is 13.1 Å². The van der Waals surface area contributed by atoms with Gasteiger partial charge in [-0.05, 0) is 57.3 Å². The van der Waals surface area contributed by atoms with Crippen LogP contribution in [-0.2, 0) is 11.3 Å². The van der Waals surface area contributed by atoms with Crippen LogP contribution in [0.25, 0.3) is 21.9 Å². The average molecular weight is 468 g/mol. The van der Waals surface area contributed by atoms with Crippen molar-refractivity contribution in [2.75, 3.05) is 6.54 Å². The number of carbonyl (C=O) groups is 1. The third-order valence-electron chi connectivity index (χ3n) is 5.01. The van der Waals surface area contributed by atoms with Crippen molar-refractivity contribution in [1.29, 1.82) is 0 Å². The molecule has 0 radical (unpaired) electrons. The van der Waals surface area contributed by atoms with E-state index < -0.39 is 18.2 Å². The molecule has 0 aliphatic rings.